The molecule has 180 valence electrons. The zero-order chi connectivity index (χ0) is 24.1. The van der Waals surface area contributed by atoms with Crippen LogP contribution in [0.25, 0.3) is 0 Å². The van der Waals surface area contributed by atoms with Crippen LogP contribution in [0.5, 0.6) is 5.75 Å². The van der Waals surface area contributed by atoms with Gasteiger partial charge in [-0.1, -0.05) is 17.7 Å². The molecule has 1 aliphatic heterocycles. The van der Waals surface area contributed by atoms with Crippen molar-refractivity contribution in [2.24, 2.45) is 5.92 Å². The van der Waals surface area contributed by atoms with Crippen LogP contribution in [0.15, 0.2) is 58.3 Å². The monoisotopic (exact) mass is 495 g/mol. The Bertz CT molecular complexity index is 1160. The van der Waals surface area contributed by atoms with Gasteiger partial charge in [-0.15, -0.1) is 0 Å². The molecule has 0 saturated carbocycles. The number of methoxy groups -OCH3 is 1. The number of sulfonamides is 2. The van der Waals surface area contributed by atoms with E-state index in [-0.39, 0.29) is 47.8 Å². The topological polar surface area (TPSA) is 122 Å². The fraction of sp³-hybridized carbons (Fsp3) is 0.409. The van der Waals surface area contributed by atoms with Crippen LogP contribution < -0.4 is 14.8 Å². The van der Waals surface area contributed by atoms with Crippen molar-refractivity contribution in [3.63, 3.8) is 0 Å². The summed E-state index contributed by atoms with van der Waals surface area (Å²) in [7, 11) is -5.77. The molecule has 1 amide bonds. The van der Waals surface area contributed by atoms with Gasteiger partial charge in [0.2, 0.25) is 26.0 Å². The van der Waals surface area contributed by atoms with E-state index in [9.17, 15) is 21.6 Å². The highest BCUT2D eigenvalue weighted by atomic mass is 32.2. The van der Waals surface area contributed by atoms with Crippen LogP contribution in [0.4, 0.5) is 0 Å². The Morgan fingerprint density at radius 2 is 1.52 bits per heavy atom. The van der Waals surface area contributed by atoms with E-state index in [0.717, 1.165) is 5.56 Å². The van der Waals surface area contributed by atoms with Gasteiger partial charge in [0.25, 0.3) is 0 Å². The molecule has 2 aromatic rings. The van der Waals surface area contributed by atoms with Gasteiger partial charge in [-0.2, -0.15) is 4.31 Å². The molecule has 0 spiro atoms. The Morgan fingerprint density at radius 3 is 2.09 bits per heavy atom. The smallest absolute Gasteiger partial charge is 0.243 e. The number of carbonyl (C=O) groups is 1. The van der Waals surface area contributed by atoms with Gasteiger partial charge in [0, 0.05) is 32.1 Å². The highest BCUT2D eigenvalue weighted by Gasteiger charge is 2.32. The van der Waals surface area contributed by atoms with E-state index in [2.05, 4.69) is 10.0 Å². The number of hydrogen-bond acceptors (Lipinski definition) is 6. The summed E-state index contributed by atoms with van der Waals surface area (Å²) >= 11 is 0. The van der Waals surface area contributed by atoms with E-state index >= 15 is 0 Å². The van der Waals surface area contributed by atoms with Crippen molar-refractivity contribution >= 4 is 26.0 Å². The predicted octanol–water partition coefficient (Wildman–Crippen LogP) is 1.50. The normalized spacial score (nSPS) is 15.8. The van der Waals surface area contributed by atoms with Crippen molar-refractivity contribution in [3.05, 3.63) is 54.1 Å². The highest BCUT2D eigenvalue weighted by Crippen LogP contribution is 2.24. The van der Waals surface area contributed by atoms with Gasteiger partial charge in [-0.25, -0.2) is 21.6 Å². The first-order chi connectivity index (χ1) is 15.6. The van der Waals surface area contributed by atoms with Gasteiger partial charge in [0.1, 0.15) is 5.75 Å². The minimum Gasteiger partial charge on any atom is -0.497 e. The number of aryl methyl sites for hydroxylation is 1. The lowest BCUT2D eigenvalue weighted by Gasteiger charge is -2.30. The van der Waals surface area contributed by atoms with Gasteiger partial charge in [-0.05, 0) is 56.2 Å². The first kappa shape index (κ1) is 25.2. The molecule has 2 aromatic carbocycles. The maximum absolute atomic E-state index is 12.8. The van der Waals surface area contributed by atoms with E-state index < -0.39 is 20.0 Å². The van der Waals surface area contributed by atoms with Gasteiger partial charge in [-0.3, -0.25) is 4.79 Å². The number of nitrogens with zero attached hydrogens (tertiary/aromatic N) is 1. The molecule has 0 unspecified atom stereocenters. The van der Waals surface area contributed by atoms with E-state index in [1.54, 1.807) is 36.4 Å². The van der Waals surface area contributed by atoms with E-state index in [1.165, 1.54) is 23.5 Å². The van der Waals surface area contributed by atoms with Crippen LogP contribution in [0.3, 0.4) is 0 Å². The molecule has 11 heteroatoms. The Balaban J connectivity index is 1.44. The first-order valence-electron chi connectivity index (χ1n) is 10.6. The first-order valence-corrected chi connectivity index (χ1v) is 13.5. The predicted molar refractivity (Wildman–Crippen MR) is 124 cm³/mol. The minimum absolute atomic E-state index is 0.0424. The Morgan fingerprint density at radius 1 is 0.939 bits per heavy atom. The summed E-state index contributed by atoms with van der Waals surface area (Å²) in [6, 6.07) is 12.7. The van der Waals surface area contributed by atoms with Crippen molar-refractivity contribution < 1.29 is 26.4 Å². The van der Waals surface area contributed by atoms with Crippen molar-refractivity contribution in [2.75, 3.05) is 33.3 Å². The van der Waals surface area contributed by atoms with Gasteiger partial charge < -0.3 is 10.1 Å². The van der Waals surface area contributed by atoms with Crippen LogP contribution in [0.1, 0.15) is 18.4 Å². The SMILES string of the molecule is COc1ccc(S(=O)(=O)NCCNC(=O)C2CCN(S(=O)(=O)c3ccc(C)cc3)CC2)cc1. The van der Waals surface area contributed by atoms with E-state index in [1.807, 2.05) is 6.92 Å². The molecule has 0 aliphatic carbocycles. The molecule has 1 heterocycles. The van der Waals surface area contributed by atoms with Crippen LogP contribution in [-0.4, -0.2) is 60.3 Å². The van der Waals surface area contributed by atoms with Gasteiger partial charge in [0.15, 0.2) is 0 Å². The zero-order valence-electron chi connectivity index (χ0n) is 18.7. The average molecular weight is 496 g/mol. The number of rotatable bonds is 9. The number of ether oxygens (including phenoxy) is 1. The summed E-state index contributed by atoms with van der Waals surface area (Å²) in [6.07, 6.45) is 0.822. The second-order valence-corrected chi connectivity index (χ2v) is 11.6. The quantitative estimate of drug-likeness (QED) is 0.509. The average Bonchev–Trinajstić information content (AvgIpc) is 2.82. The molecule has 33 heavy (non-hydrogen) atoms. The Hall–Kier alpha value is -2.47. The molecule has 1 saturated heterocycles. The maximum atomic E-state index is 12.8. The van der Waals surface area contributed by atoms with E-state index in [0.29, 0.717) is 18.6 Å². The number of amides is 1. The lowest BCUT2D eigenvalue weighted by Crippen LogP contribution is -2.44. The number of carbonyl (C=O) groups excluding carboxylic acids is 1. The van der Waals surface area contributed by atoms with Crippen molar-refractivity contribution in [1.82, 2.24) is 14.3 Å². The van der Waals surface area contributed by atoms with Crippen molar-refractivity contribution in [2.45, 2.75) is 29.6 Å². The maximum Gasteiger partial charge on any atom is 0.243 e. The van der Waals surface area contributed by atoms with E-state index in [4.69, 9.17) is 4.74 Å². The van der Waals surface area contributed by atoms with Crippen LogP contribution in [0, 0.1) is 12.8 Å². The number of benzene rings is 2. The summed E-state index contributed by atoms with van der Waals surface area (Å²) in [4.78, 5) is 12.8. The summed E-state index contributed by atoms with van der Waals surface area (Å²) in [5.74, 6) is 0.0395. The fourth-order valence-corrected chi connectivity index (χ4v) is 6.07. The minimum atomic E-state index is -3.69. The number of nitrogens with one attached hydrogen (secondary N) is 2. The van der Waals surface area contributed by atoms with Crippen molar-refractivity contribution in [1.29, 1.82) is 0 Å². The van der Waals surface area contributed by atoms with Gasteiger partial charge in [0.05, 0.1) is 16.9 Å². The Labute approximate surface area is 195 Å². The molecule has 3 rings (SSSR count). The van der Waals surface area contributed by atoms with Gasteiger partial charge >= 0.3 is 0 Å². The summed E-state index contributed by atoms with van der Waals surface area (Å²) in [5.41, 5.74) is 0.982. The molecular weight excluding hydrogens is 466 g/mol. The van der Waals surface area contributed by atoms with Crippen LogP contribution in [0.2, 0.25) is 0 Å². The molecule has 0 radical (unpaired) electrons. The number of hydrogen-bond donors (Lipinski definition) is 2. The fourth-order valence-electron chi connectivity index (χ4n) is 3.57. The third-order valence-corrected chi connectivity index (χ3v) is 8.96. The second kappa shape index (κ2) is 10.6. The number of piperidine rings is 1. The summed E-state index contributed by atoms with van der Waals surface area (Å²) < 4.78 is 59.1. The molecular formula is C22H29N3O6S2. The molecule has 0 atom stereocenters. The van der Waals surface area contributed by atoms with Crippen LogP contribution in [-0.2, 0) is 24.8 Å². The molecule has 1 fully saturated rings. The lowest BCUT2D eigenvalue weighted by atomic mass is 9.97. The summed E-state index contributed by atoms with van der Waals surface area (Å²) in [5, 5.41) is 2.73. The van der Waals surface area contributed by atoms with Crippen LogP contribution >= 0.6 is 0 Å². The van der Waals surface area contributed by atoms with Crippen molar-refractivity contribution in [3.8, 4) is 5.75 Å². The molecule has 0 aromatic heterocycles. The lowest BCUT2D eigenvalue weighted by molar-refractivity contribution is -0.126. The molecule has 1 aliphatic rings. The molecule has 2 N–H and O–H groups in total. The standard InChI is InChI=1S/C22H29N3O6S2/c1-17-3-7-21(8-4-17)33(29,30)25-15-11-18(12-16-25)22(26)23-13-14-24-32(27,28)20-9-5-19(31-2)6-10-20/h3-10,18,24H,11-16H2,1-2H3,(H,23,26). The largest absolute Gasteiger partial charge is 0.497 e. The Kier molecular flexibility index (Phi) is 8.11. The third-order valence-electron chi connectivity index (χ3n) is 5.57. The second-order valence-electron chi connectivity index (χ2n) is 7.86. The highest BCUT2D eigenvalue weighted by molar-refractivity contribution is 7.89. The molecule has 0 bridgehead atoms. The zero-order valence-corrected chi connectivity index (χ0v) is 20.3. The third kappa shape index (κ3) is 6.32. The molecule has 9 nitrogen and oxygen atoms in total. The summed E-state index contributed by atoms with van der Waals surface area (Å²) in [6.45, 7) is 2.60.